The van der Waals surface area contributed by atoms with Gasteiger partial charge in [-0.2, -0.15) is 4.98 Å². The van der Waals surface area contributed by atoms with Crippen molar-refractivity contribution >= 4 is 86.4 Å². The zero-order valence-electron chi connectivity index (χ0n) is 18.9. The molecule has 0 unspecified atom stereocenters. The first kappa shape index (κ1) is 18.7. The summed E-state index contributed by atoms with van der Waals surface area (Å²) in [7, 11) is 0. The summed E-state index contributed by atoms with van der Waals surface area (Å²) in [6.07, 6.45) is 0. The molecule has 9 aromatic rings. The monoisotopic (exact) mass is 480 g/mol. The molecule has 0 atom stereocenters. The summed E-state index contributed by atoms with van der Waals surface area (Å²) < 4.78 is 17.4. The van der Waals surface area contributed by atoms with Crippen molar-refractivity contribution in [3.8, 4) is 6.01 Å². The summed E-state index contributed by atoms with van der Waals surface area (Å²) in [6.45, 7) is 0. The number of rotatable bonds is 1. The molecule has 168 valence electrons. The normalized spacial score (nSPS) is 12.4. The maximum Gasteiger partial charge on any atom is 0.307 e. The Labute approximate surface area is 207 Å². The van der Waals surface area contributed by atoms with Gasteiger partial charge in [0.1, 0.15) is 16.7 Å². The van der Waals surface area contributed by atoms with E-state index in [1.807, 2.05) is 41.7 Å². The number of benzene rings is 5. The number of thiophene rings is 1. The molecule has 4 heterocycles. The Morgan fingerprint density at radius 1 is 0.611 bits per heavy atom. The molecule has 0 N–H and O–H groups in total. The first-order valence-electron chi connectivity index (χ1n) is 11.9. The molecule has 0 saturated carbocycles. The lowest BCUT2D eigenvalue weighted by Gasteiger charge is -2.03. The van der Waals surface area contributed by atoms with Gasteiger partial charge in [0.2, 0.25) is 0 Å². The van der Waals surface area contributed by atoms with Crippen molar-refractivity contribution in [1.29, 1.82) is 0 Å². The minimum atomic E-state index is 0.568. The molecule has 0 radical (unpaired) electrons. The topological polar surface area (TPSA) is 44.1 Å². The van der Waals surface area contributed by atoms with Gasteiger partial charge >= 0.3 is 6.01 Å². The SMILES string of the molecule is c1ccc2c(c1)oc1ccc3nc(-n4c5ccccc5c5ccc6c7ccccc7sc6c54)oc3c12. The van der Waals surface area contributed by atoms with Crippen molar-refractivity contribution in [3.05, 3.63) is 97.1 Å². The number of furan rings is 1. The maximum absolute atomic E-state index is 6.63. The fourth-order valence-electron chi connectivity index (χ4n) is 5.71. The zero-order chi connectivity index (χ0) is 23.4. The van der Waals surface area contributed by atoms with Gasteiger partial charge in [0.15, 0.2) is 5.58 Å². The predicted octanol–water partition coefficient (Wildman–Crippen LogP) is 9.19. The van der Waals surface area contributed by atoms with Crippen LogP contribution in [-0.2, 0) is 0 Å². The van der Waals surface area contributed by atoms with Crippen LogP contribution in [-0.4, -0.2) is 9.55 Å². The Morgan fingerprint density at radius 3 is 2.33 bits per heavy atom. The standard InChI is InChI=1S/C31H16N2O2S/c1-4-10-23-17(7-1)19-13-14-20-18-8-3-6-12-26(18)36-30(20)28(19)33(23)31-32-22-15-16-25-27(29(22)35-31)21-9-2-5-11-24(21)34-25/h1-16H. The Bertz CT molecular complexity index is 2330. The van der Waals surface area contributed by atoms with E-state index in [4.69, 9.17) is 13.8 Å². The van der Waals surface area contributed by atoms with E-state index in [2.05, 4.69) is 71.3 Å². The molecular formula is C31H16N2O2S. The van der Waals surface area contributed by atoms with Crippen LogP contribution in [0.5, 0.6) is 0 Å². The van der Waals surface area contributed by atoms with Crippen LogP contribution in [0.3, 0.4) is 0 Å². The van der Waals surface area contributed by atoms with E-state index in [0.29, 0.717) is 6.01 Å². The van der Waals surface area contributed by atoms with E-state index in [-0.39, 0.29) is 0 Å². The highest BCUT2D eigenvalue weighted by atomic mass is 32.1. The second kappa shape index (κ2) is 6.53. The average molecular weight is 481 g/mol. The quantitative estimate of drug-likeness (QED) is 0.235. The van der Waals surface area contributed by atoms with Crippen molar-refractivity contribution in [2.45, 2.75) is 0 Å². The van der Waals surface area contributed by atoms with E-state index in [9.17, 15) is 0 Å². The first-order valence-corrected chi connectivity index (χ1v) is 12.7. The number of para-hydroxylation sites is 2. The van der Waals surface area contributed by atoms with E-state index >= 15 is 0 Å². The van der Waals surface area contributed by atoms with Gasteiger partial charge in [0.05, 0.1) is 21.1 Å². The molecule has 0 fully saturated rings. The molecular weight excluding hydrogens is 464 g/mol. The Kier molecular flexibility index (Phi) is 3.39. The smallest absolute Gasteiger partial charge is 0.307 e. The van der Waals surface area contributed by atoms with Gasteiger partial charge in [0, 0.05) is 31.6 Å². The van der Waals surface area contributed by atoms with Crippen LogP contribution in [0.15, 0.2) is 106 Å². The number of fused-ring (bicyclic) bond motifs is 12. The van der Waals surface area contributed by atoms with Gasteiger partial charge in [-0.1, -0.05) is 66.7 Å². The lowest BCUT2D eigenvalue weighted by molar-refractivity contribution is 0.577. The van der Waals surface area contributed by atoms with Crippen LogP contribution in [0.1, 0.15) is 0 Å². The van der Waals surface area contributed by atoms with Crippen molar-refractivity contribution in [2.75, 3.05) is 0 Å². The molecule has 5 aromatic carbocycles. The number of aromatic nitrogens is 2. The van der Waals surface area contributed by atoms with Crippen LogP contribution < -0.4 is 0 Å². The molecule has 4 nitrogen and oxygen atoms in total. The molecule has 4 aromatic heterocycles. The van der Waals surface area contributed by atoms with Crippen molar-refractivity contribution in [1.82, 2.24) is 9.55 Å². The largest absolute Gasteiger partial charge is 0.456 e. The molecule has 5 heteroatoms. The molecule has 9 rings (SSSR count). The molecule has 36 heavy (non-hydrogen) atoms. The van der Waals surface area contributed by atoms with Crippen molar-refractivity contribution in [3.63, 3.8) is 0 Å². The van der Waals surface area contributed by atoms with Gasteiger partial charge in [-0.05, 0) is 30.3 Å². The molecule has 0 bridgehead atoms. The zero-order valence-corrected chi connectivity index (χ0v) is 19.7. The number of hydrogen-bond acceptors (Lipinski definition) is 4. The van der Waals surface area contributed by atoms with Gasteiger partial charge in [0.25, 0.3) is 0 Å². The highest BCUT2D eigenvalue weighted by Gasteiger charge is 2.22. The van der Waals surface area contributed by atoms with Crippen LogP contribution in [0.25, 0.3) is 81.0 Å². The lowest BCUT2D eigenvalue weighted by Crippen LogP contribution is -1.93. The average Bonchev–Trinajstić information content (AvgIpc) is 3.67. The van der Waals surface area contributed by atoms with Crippen LogP contribution >= 0.6 is 11.3 Å². The predicted molar refractivity (Wildman–Crippen MR) is 149 cm³/mol. The third kappa shape index (κ3) is 2.26. The molecule has 0 spiro atoms. The second-order valence-electron chi connectivity index (χ2n) is 9.17. The van der Waals surface area contributed by atoms with E-state index in [1.54, 1.807) is 0 Å². The van der Waals surface area contributed by atoms with E-state index in [0.717, 1.165) is 44.1 Å². The second-order valence-corrected chi connectivity index (χ2v) is 10.2. The van der Waals surface area contributed by atoms with Crippen molar-refractivity contribution in [2.24, 2.45) is 0 Å². The molecule has 0 aliphatic rings. The Hall–Kier alpha value is -4.61. The maximum atomic E-state index is 6.63. The highest BCUT2D eigenvalue weighted by Crippen LogP contribution is 2.43. The fraction of sp³-hybridized carbons (Fsp3) is 0. The Morgan fingerprint density at radius 2 is 1.39 bits per heavy atom. The van der Waals surface area contributed by atoms with E-state index < -0.39 is 0 Å². The Balaban J connectivity index is 1.47. The highest BCUT2D eigenvalue weighted by molar-refractivity contribution is 7.26. The first-order chi connectivity index (χ1) is 17.8. The summed E-state index contributed by atoms with van der Waals surface area (Å²) in [5.41, 5.74) is 5.44. The van der Waals surface area contributed by atoms with Crippen molar-refractivity contribution < 1.29 is 8.83 Å². The van der Waals surface area contributed by atoms with Crippen LogP contribution in [0.2, 0.25) is 0 Å². The molecule has 0 saturated heterocycles. The summed E-state index contributed by atoms with van der Waals surface area (Å²) in [5.74, 6) is 0. The molecule has 0 aliphatic carbocycles. The van der Waals surface area contributed by atoms with Gasteiger partial charge < -0.3 is 8.83 Å². The number of oxazole rings is 1. The summed E-state index contributed by atoms with van der Waals surface area (Å²) >= 11 is 1.82. The molecule has 0 aliphatic heterocycles. The van der Waals surface area contributed by atoms with E-state index in [1.165, 1.54) is 30.9 Å². The summed E-state index contributed by atoms with van der Waals surface area (Å²) in [5, 5.41) is 6.93. The van der Waals surface area contributed by atoms with Crippen LogP contribution in [0.4, 0.5) is 0 Å². The number of hydrogen-bond donors (Lipinski definition) is 0. The lowest BCUT2D eigenvalue weighted by atomic mass is 10.1. The third-order valence-electron chi connectivity index (χ3n) is 7.26. The third-order valence-corrected chi connectivity index (χ3v) is 8.45. The summed E-state index contributed by atoms with van der Waals surface area (Å²) in [4.78, 5) is 5.01. The summed E-state index contributed by atoms with van der Waals surface area (Å²) in [6, 6.07) is 34.2. The molecule has 0 amide bonds. The minimum absolute atomic E-state index is 0.568. The minimum Gasteiger partial charge on any atom is -0.456 e. The number of nitrogens with zero attached hydrogens (tertiary/aromatic N) is 2. The van der Waals surface area contributed by atoms with Gasteiger partial charge in [-0.25, -0.2) is 0 Å². The van der Waals surface area contributed by atoms with Gasteiger partial charge in [-0.3, -0.25) is 4.57 Å². The van der Waals surface area contributed by atoms with Crippen LogP contribution in [0, 0.1) is 0 Å². The fourth-order valence-corrected chi connectivity index (χ4v) is 6.95. The van der Waals surface area contributed by atoms with Gasteiger partial charge in [-0.15, -0.1) is 11.3 Å².